The maximum atomic E-state index is 6.12. The van der Waals surface area contributed by atoms with Gasteiger partial charge in [-0.1, -0.05) is 51.8 Å². The van der Waals surface area contributed by atoms with Crippen LogP contribution in [0.1, 0.15) is 22.3 Å². The number of benzene rings is 2. The van der Waals surface area contributed by atoms with Gasteiger partial charge in [-0.15, -0.1) is 0 Å². The predicted molar refractivity (Wildman–Crippen MR) is 136 cm³/mol. The summed E-state index contributed by atoms with van der Waals surface area (Å²) in [6.07, 6.45) is 8.69. The fourth-order valence-corrected chi connectivity index (χ4v) is 4.35. The molecule has 2 heterocycles. The molecular formula is C26H27BrClN3O. The van der Waals surface area contributed by atoms with Crippen LogP contribution in [0, 0.1) is 5.92 Å². The molecule has 1 aromatic heterocycles. The molecule has 1 aliphatic rings. The van der Waals surface area contributed by atoms with Crippen LogP contribution in [0.5, 0.6) is 5.75 Å². The minimum atomic E-state index is 0.626. The van der Waals surface area contributed by atoms with Crippen molar-refractivity contribution in [1.82, 2.24) is 15.6 Å². The molecule has 3 aromatic rings. The van der Waals surface area contributed by atoms with Crippen molar-refractivity contribution in [2.75, 3.05) is 26.2 Å². The fourth-order valence-electron chi connectivity index (χ4n) is 3.54. The Kier molecular flexibility index (Phi) is 8.35. The van der Waals surface area contributed by atoms with Crippen LogP contribution in [-0.2, 0) is 13.0 Å². The second kappa shape index (κ2) is 11.6. The molecule has 0 aliphatic carbocycles. The van der Waals surface area contributed by atoms with Gasteiger partial charge in [0.2, 0.25) is 0 Å². The summed E-state index contributed by atoms with van der Waals surface area (Å²) >= 11 is 9.65. The van der Waals surface area contributed by atoms with Crippen molar-refractivity contribution in [3.63, 3.8) is 0 Å². The van der Waals surface area contributed by atoms with E-state index in [2.05, 4.69) is 61.9 Å². The average Bonchev–Trinajstić information content (AvgIpc) is 2.76. The highest BCUT2D eigenvalue weighted by molar-refractivity contribution is 9.10. The maximum Gasteiger partial charge on any atom is 0.120 e. The van der Waals surface area contributed by atoms with Crippen LogP contribution < -0.4 is 15.4 Å². The standard InChI is InChI=1S/C26H27BrClN3O/c27-26-14-24(28)4-3-23(26)2-1-20-11-21(15-30-16-22-17-31-18-22)13-25(12-20)32-10-7-19-5-8-29-9-6-19/h1-6,8-9,11-14,22,30-31H,7,10,15-18H2/b2-1-. The fraction of sp³-hybridized carbons (Fsp3) is 0.269. The van der Waals surface area contributed by atoms with Crippen molar-refractivity contribution in [3.8, 4) is 5.75 Å². The molecule has 0 saturated carbocycles. The van der Waals surface area contributed by atoms with Crippen molar-refractivity contribution >= 4 is 39.7 Å². The molecule has 0 unspecified atom stereocenters. The Hall–Kier alpha value is -2.18. The third kappa shape index (κ3) is 6.91. The van der Waals surface area contributed by atoms with Crippen molar-refractivity contribution in [3.05, 3.63) is 92.7 Å². The second-order valence-electron chi connectivity index (χ2n) is 8.02. The first-order chi connectivity index (χ1) is 15.7. The number of hydrogen-bond donors (Lipinski definition) is 2. The summed E-state index contributed by atoms with van der Waals surface area (Å²) in [5.74, 6) is 1.62. The molecular weight excluding hydrogens is 486 g/mol. The molecule has 4 nitrogen and oxygen atoms in total. The monoisotopic (exact) mass is 511 g/mol. The zero-order valence-electron chi connectivity index (χ0n) is 17.9. The van der Waals surface area contributed by atoms with Crippen LogP contribution in [0.15, 0.2) is 65.4 Å². The summed E-state index contributed by atoms with van der Waals surface area (Å²) in [5, 5.41) is 7.62. The number of nitrogens with zero attached hydrogens (tertiary/aromatic N) is 1. The zero-order chi connectivity index (χ0) is 22.2. The highest BCUT2D eigenvalue weighted by atomic mass is 79.9. The molecule has 166 valence electrons. The molecule has 0 bridgehead atoms. The van der Waals surface area contributed by atoms with Gasteiger partial charge in [0.15, 0.2) is 0 Å². The molecule has 0 amide bonds. The van der Waals surface area contributed by atoms with E-state index in [0.29, 0.717) is 11.6 Å². The number of nitrogens with one attached hydrogen (secondary N) is 2. The topological polar surface area (TPSA) is 46.2 Å². The Labute approximate surface area is 203 Å². The third-order valence-electron chi connectivity index (χ3n) is 5.44. The zero-order valence-corrected chi connectivity index (χ0v) is 20.2. The van der Waals surface area contributed by atoms with Crippen LogP contribution in [0.3, 0.4) is 0 Å². The van der Waals surface area contributed by atoms with E-state index in [1.807, 2.05) is 42.7 Å². The predicted octanol–water partition coefficient (Wildman–Crippen LogP) is 5.60. The number of halogens is 2. The molecule has 2 aromatic carbocycles. The van der Waals surface area contributed by atoms with Gasteiger partial charge in [-0.05, 0) is 64.6 Å². The molecule has 32 heavy (non-hydrogen) atoms. The smallest absolute Gasteiger partial charge is 0.120 e. The van der Waals surface area contributed by atoms with E-state index in [1.165, 1.54) is 11.1 Å². The molecule has 0 spiro atoms. The Balaban J connectivity index is 1.45. The average molecular weight is 513 g/mol. The summed E-state index contributed by atoms with van der Waals surface area (Å²) < 4.78 is 7.10. The summed E-state index contributed by atoms with van der Waals surface area (Å²) in [6.45, 7) is 4.69. The van der Waals surface area contributed by atoms with E-state index >= 15 is 0 Å². The molecule has 1 aliphatic heterocycles. The summed E-state index contributed by atoms with van der Waals surface area (Å²) in [7, 11) is 0. The van der Waals surface area contributed by atoms with Crippen LogP contribution >= 0.6 is 27.5 Å². The van der Waals surface area contributed by atoms with E-state index in [4.69, 9.17) is 16.3 Å². The Morgan fingerprint density at radius 3 is 2.66 bits per heavy atom. The highest BCUT2D eigenvalue weighted by Crippen LogP contribution is 2.25. The molecule has 0 atom stereocenters. The van der Waals surface area contributed by atoms with E-state index < -0.39 is 0 Å². The first-order valence-corrected chi connectivity index (χ1v) is 12.0. The van der Waals surface area contributed by atoms with Crippen molar-refractivity contribution in [1.29, 1.82) is 0 Å². The normalized spacial score (nSPS) is 13.9. The van der Waals surface area contributed by atoms with Crippen LogP contribution in [0.4, 0.5) is 0 Å². The Morgan fingerprint density at radius 2 is 1.91 bits per heavy atom. The quantitative estimate of drug-likeness (QED) is 0.347. The summed E-state index contributed by atoms with van der Waals surface area (Å²) in [6, 6.07) is 16.3. The second-order valence-corrected chi connectivity index (χ2v) is 9.31. The van der Waals surface area contributed by atoms with E-state index in [9.17, 15) is 0 Å². The van der Waals surface area contributed by atoms with Gasteiger partial charge in [0, 0.05) is 54.5 Å². The van der Waals surface area contributed by atoms with E-state index in [1.54, 1.807) is 0 Å². The molecule has 6 heteroatoms. The molecule has 4 rings (SSSR count). The van der Waals surface area contributed by atoms with Gasteiger partial charge in [0.1, 0.15) is 5.75 Å². The molecule has 1 saturated heterocycles. The maximum absolute atomic E-state index is 6.12. The van der Waals surface area contributed by atoms with Gasteiger partial charge in [-0.2, -0.15) is 0 Å². The minimum Gasteiger partial charge on any atom is -0.493 e. The van der Waals surface area contributed by atoms with Gasteiger partial charge in [-0.3, -0.25) is 4.98 Å². The van der Waals surface area contributed by atoms with Gasteiger partial charge in [0.25, 0.3) is 0 Å². The highest BCUT2D eigenvalue weighted by Gasteiger charge is 2.15. The molecule has 2 N–H and O–H groups in total. The first kappa shape index (κ1) is 23.0. The number of rotatable bonds is 10. The van der Waals surface area contributed by atoms with Crippen LogP contribution in [0.25, 0.3) is 12.2 Å². The lowest BCUT2D eigenvalue weighted by Crippen LogP contribution is -2.47. The van der Waals surface area contributed by atoms with Gasteiger partial charge in [0.05, 0.1) is 6.61 Å². The van der Waals surface area contributed by atoms with E-state index in [0.717, 1.165) is 59.9 Å². The summed E-state index contributed by atoms with van der Waals surface area (Å²) in [4.78, 5) is 4.07. The number of ether oxygens (including phenoxy) is 1. The molecule has 0 radical (unpaired) electrons. The van der Waals surface area contributed by atoms with E-state index in [-0.39, 0.29) is 0 Å². The number of pyridine rings is 1. The largest absolute Gasteiger partial charge is 0.493 e. The first-order valence-electron chi connectivity index (χ1n) is 10.9. The minimum absolute atomic E-state index is 0.626. The Bertz CT molecular complexity index is 1050. The lowest BCUT2D eigenvalue weighted by atomic mass is 10.0. The van der Waals surface area contributed by atoms with Crippen LogP contribution in [-0.4, -0.2) is 31.2 Å². The van der Waals surface area contributed by atoms with Crippen molar-refractivity contribution in [2.24, 2.45) is 5.92 Å². The summed E-state index contributed by atoms with van der Waals surface area (Å²) in [5.41, 5.74) is 4.62. The molecule has 1 fully saturated rings. The van der Waals surface area contributed by atoms with Crippen molar-refractivity contribution in [2.45, 2.75) is 13.0 Å². The Morgan fingerprint density at radius 1 is 1.06 bits per heavy atom. The third-order valence-corrected chi connectivity index (χ3v) is 6.37. The number of hydrogen-bond acceptors (Lipinski definition) is 4. The number of aromatic nitrogens is 1. The van der Waals surface area contributed by atoms with Crippen molar-refractivity contribution < 1.29 is 4.74 Å². The van der Waals surface area contributed by atoms with Gasteiger partial charge in [-0.25, -0.2) is 0 Å². The van der Waals surface area contributed by atoms with Gasteiger partial charge < -0.3 is 15.4 Å². The lowest BCUT2D eigenvalue weighted by molar-refractivity contribution is 0.320. The van der Waals surface area contributed by atoms with Gasteiger partial charge >= 0.3 is 0 Å². The van der Waals surface area contributed by atoms with Crippen LogP contribution in [0.2, 0.25) is 5.02 Å². The SMILES string of the molecule is Clc1ccc(/C=C\c2cc(CNCC3CNC3)cc(OCCc3ccncc3)c2)c(Br)c1. The lowest BCUT2D eigenvalue weighted by Gasteiger charge is -2.27.